The number of aromatic nitrogens is 2. The summed E-state index contributed by atoms with van der Waals surface area (Å²) in [5.41, 5.74) is 6.73. The smallest absolute Gasteiger partial charge is 0.269 e. The standard InChI is InChI=1S/C35H36N3OS3/c1-4-36-27-11-7-9-13-29(27)40-31(36)20-23-15-16-24-17-18-25(21-26(24)19-23)34-35(39)38(6-3)33(42-34)22-32-37(5-2)28-12-8-10-14-30(28)41-32/h7-14,19-22,24H,4-6,15-18H2,1-3H3/q+1/b31-20-,34-25+. The molecule has 0 amide bonds. The summed E-state index contributed by atoms with van der Waals surface area (Å²) in [5.74, 6) is 0.591. The highest BCUT2D eigenvalue weighted by molar-refractivity contribution is 8.03. The Balaban J connectivity index is 1.29. The number of anilines is 1. The Kier molecular flexibility index (Phi) is 7.59. The molecule has 0 saturated heterocycles. The minimum Gasteiger partial charge on any atom is -0.335 e. The zero-order valence-corrected chi connectivity index (χ0v) is 26.9. The first-order valence-electron chi connectivity index (χ1n) is 15.1. The summed E-state index contributed by atoms with van der Waals surface area (Å²) in [6.45, 7) is 9.04. The minimum absolute atomic E-state index is 0.157. The van der Waals surface area contributed by atoms with E-state index in [1.807, 2.05) is 16.3 Å². The average Bonchev–Trinajstić information content (AvgIpc) is 3.66. The van der Waals surface area contributed by atoms with E-state index in [2.05, 4.69) is 103 Å². The zero-order valence-electron chi connectivity index (χ0n) is 24.4. The van der Waals surface area contributed by atoms with Crippen LogP contribution in [-0.4, -0.2) is 11.1 Å². The fraction of sp³-hybridized carbons (Fsp3) is 0.314. The number of para-hydroxylation sites is 2. The van der Waals surface area contributed by atoms with E-state index in [1.54, 1.807) is 22.7 Å². The van der Waals surface area contributed by atoms with Gasteiger partial charge in [0, 0.05) is 24.1 Å². The van der Waals surface area contributed by atoms with Gasteiger partial charge in [-0.25, -0.2) is 0 Å². The molecule has 4 aromatic rings. The lowest BCUT2D eigenvalue weighted by molar-refractivity contribution is -0.665. The monoisotopic (exact) mass is 610 g/mol. The maximum absolute atomic E-state index is 13.7. The van der Waals surface area contributed by atoms with Crippen molar-refractivity contribution in [3.05, 3.63) is 107 Å². The number of aryl methyl sites for hydroxylation is 1. The number of allylic oxidation sites excluding steroid dienone is 5. The summed E-state index contributed by atoms with van der Waals surface area (Å²) < 4.78 is 7.55. The van der Waals surface area contributed by atoms with Crippen LogP contribution in [-0.2, 0) is 13.1 Å². The van der Waals surface area contributed by atoms with Crippen LogP contribution in [0.15, 0.2) is 92.6 Å². The van der Waals surface area contributed by atoms with Crippen molar-refractivity contribution in [1.82, 2.24) is 4.57 Å². The van der Waals surface area contributed by atoms with E-state index in [4.69, 9.17) is 0 Å². The summed E-state index contributed by atoms with van der Waals surface area (Å²) in [5, 5.41) is 2.51. The van der Waals surface area contributed by atoms with Gasteiger partial charge in [0.15, 0.2) is 0 Å². The molecule has 7 rings (SSSR count). The molecule has 3 aliphatic rings. The van der Waals surface area contributed by atoms with Crippen LogP contribution in [0.3, 0.4) is 0 Å². The Labute approximate surface area is 259 Å². The first kappa shape index (κ1) is 27.7. The van der Waals surface area contributed by atoms with E-state index >= 15 is 0 Å². The van der Waals surface area contributed by atoms with Crippen LogP contribution in [0.1, 0.15) is 51.5 Å². The Morgan fingerprint density at radius 3 is 2.57 bits per heavy atom. The molecule has 1 unspecified atom stereocenters. The molecule has 2 aliphatic carbocycles. The van der Waals surface area contributed by atoms with Crippen molar-refractivity contribution in [1.29, 1.82) is 0 Å². The van der Waals surface area contributed by atoms with Crippen molar-refractivity contribution in [2.75, 3.05) is 11.4 Å². The fourth-order valence-corrected chi connectivity index (χ4v) is 10.2. The lowest BCUT2D eigenvalue weighted by Crippen LogP contribution is -2.35. The zero-order chi connectivity index (χ0) is 28.8. The first-order chi connectivity index (χ1) is 20.6. The molecule has 214 valence electrons. The lowest BCUT2D eigenvalue weighted by Gasteiger charge is -2.28. The van der Waals surface area contributed by atoms with Crippen molar-refractivity contribution < 1.29 is 4.57 Å². The molecule has 0 saturated carbocycles. The number of thiazole rings is 2. The summed E-state index contributed by atoms with van der Waals surface area (Å²) >= 11 is 5.35. The molecule has 42 heavy (non-hydrogen) atoms. The summed E-state index contributed by atoms with van der Waals surface area (Å²) in [6, 6.07) is 17.3. The van der Waals surface area contributed by atoms with E-state index in [-0.39, 0.29) is 5.56 Å². The number of nitrogens with zero attached hydrogens (tertiary/aromatic N) is 3. The van der Waals surface area contributed by atoms with Gasteiger partial charge in [0.25, 0.3) is 10.6 Å². The Bertz CT molecular complexity index is 1970. The van der Waals surface area contributed by atoms with Crippen LogP contribution in [0.25, 0.3) is 21.9 Å². The van der Waals surface area contributed by atoms with E-state index in [0.717, 1.165) is 41.5 Å². The predicted octanol–water partition coefficient (Wildman–Crippen LogP) is 6.96. The average molecular weight is 611 g/mol. The van der Waals surface area contributed by atoms with Gasteiger partial charge in [0.2, 0.25) is 5.52 Å². The SMILES string of the molecule is CCN1/C(=C/C2=CC3=C/C(=c4/s/c(=C\c5sc6ccccc6[n+]5CC)n(CC)c4=O)CCC3CC2)Sc2ccccc21. The molecule has 2 aromatic carbocycles. The number of hydrogen-bond acceptors (Lipinski definition) is 5. The van der Waals surface area contributed by atoms with Gasteiger partial charge in [0.1, 0.15) is 15.9 Å². The highest BCUT2D eigenvalue weighted by Gasteiger charge is 2.27. The summed E-state index contributed by atoms with van der Waals surface area (Å²) in [7, 11) is 0. The Morgan fingerprint density at radius 1 is 0.929 bits per heavy atom. The van der Waals surface area contributed by atoms with Gasteiger partial charge in [-0.3, -0.25) is 9.36 Å². The second-order valence-electron chi connectivity index (χ2n) is 11.1. The van der Waals surface area contributed by atoms with Crippen LogP contribution in [0.4, 0.5) is 5.69 Å². The van der Waals surface area contributed by atoms with Crippen molar-refractivity contribution in [2.24, 2.45) is 5.92 Å². The summed E-state index contributed by atoms with van der Waals surface area (Å²) in [6.07, 6.45) is 13.8. The first-order valence-corrected chi connectivity index (χ1v) is 17.6. The lowest BCUT2D eigenvalue weighted by atomic mass is 9.77. The van der Waals surface area contributed by atoms with Crippen molar-refractivity contribution >= 4 is 62.0 Å². The van der Waals surface area contributed by atoms with Gasteiger partial charge in [-0.05, 0) is 93.4 Å². The number of rotatable bonds is 5. The van der Waals surface area contributed by atoms with Crippen LogP contribution in [0, 0.1) is 5.92 Å². The third kappa shape index (κ3) is 4.85. The molecule has 1 aliphatic heterocycles. The van der Waals surface area contributed by atoms with Gasteiger partial charge in [-0.15, -0.1) is 11.3 Å². The van der Waals surface area contributed by atoms with Gasteiger partial charge in [-0.1, -0.05) is 59.5 Å². The third-order valence-corrected chi connectivity index (χ3v) is 12.1. The third-order valence-electron chi connectivity index (χ3n) is 8.69. The predicted molar refractivity (Wildman–Crippen MR) is 180 cm³/mol. The van der Waals surface area contributed by atoms with E-state index in [1.165, 1.54) is 54.0 Å². The fourth-order valence-electron chi connectivity index (χ4n) is 6.55. The second-order valence-corrected chi connectivity index (χ2v) is 14.2. The quantitative estimate of drug-likeness (QED) is 0.229. The van der Waals surface area contributed by atoms with Crippen LogP contribution in [0.5, 0.6) is 0 Å². The highest BCUT2D eigenvalue weighted by atomic mass is 32.2. The van der Waals surface area contributed by atoms with Crippen LogP contribution >= 0.6 is 34.4 Å². The van der Waals surface area contributed by atoms with Gasteiger partial charge >= 0.3 is 0 Å². The second kappa shape index (κ2) is 11.5. The minimum atomic E-state index is 0.157. The molecular formula is C35H36N3OS3+. The molecule has 0 fully saturated rings. The number of fused-ring (bicyclic) bond motifs is 3. The number of hydrogen-bond donors (Lipinski definition) is 0. The number of thioether (sulfide) groups is 1. The van der Waals surface area contributed by atoms with Gasteiger partial charge in [-0.2, -0.15) is 4.57 Å². The maximum atomic E-state index is 13.7. The Morgan fingerprint density at radius 2 is 1.74 bits per heavy atom. The van der Waals surface area contributed by atoms with Gasteiger partial charge < -0.3 is 4.90 Å². The molecule has 3 heterocycles. The van der Waals surface area contributed by atoms with E-state index in [9.17, 15) is 4.79 Å². The molecule has 0 radical (unpaired) electrons. The van der Waals surface area contributed by atoms with Gasteiger partial charge in [0.05, 0.1) is 21.3 Å². The number of benzene rings is 2. The van der Waals surface area contributed by atoms with Crippen molar-refractivity contribution in [3.63, 3.8) is 0 Å². The van der Waals surface area contributed by atoms with E-state index < -0.39 is 0 Å². The molecule has 7 heteroatoms. The molecule has 1 atom stereocenters. The molecule has 4 nitrogen and oxygen atoms in total. The Hall–Kier alpha value is -3.13. The molecular weight excluding hydrogens is 575 g/mol. The van der Waals surface area contributed by atoms with Crippen molar-refractivity contribution in [3.8, 4) is 0 Å². The van der Waals surface area contributed by atoms with Crippen LogP contribution < -0.4 is 24.2 Å². The summed E-state index contributed by atoms with van der Waals surface area (Å²) in [4.78, 5) is 17.5. The largest absolute Gasteiger partial charge is 0.335 e. The molecule has 2 aromatic heterocycles. The highest BCUT2D eigenvalue weighted by Crippen LogP contribution is 2.47. The molecule has 0 bridgehead atoms. The van der Waals surface area contributed by atoms with Crippen molar-refractivity contribution in [2.45, 2.75) is 64.4 Å². The topological polar surface area (TPSA) is 29.1 Å². The molecule has 0 spiro atoms. The maximum Gasteiger partial charge on any atom is 0.269 e. The molecule has 0 N–H and O–H groups in total. The van der Waals surface area contributed by atoms with E-state index in [0.29, 0.717) is 12.5 Å². The normalized spacial score (nSPS) is 21.1. The van der Waals surface area contributed by atoms with Crippen LogP contribution in [0.2, 0.25) is 0 Å².